The van der Waals surface area contributed by atoms with Crippen molar-refractivity contribution in [3.8, 4) is 0 Å². The van der Waals surface area contributed by atoms with Crippen LogP contribution >= 0.6 is 0 Å². The van der Waals surface area contributed by atoms with Crippen LogP contribution in [0, 0.1) is 0 Å². The van der Waals surface area contributed by atoms with Gasteiger partial charge in [-0.2, -0.15) is 0 Å². The van der Waals surface area contributed by atoms with E-state index in [1.807, 2.05) is 6.07 Å². The molecule has 0 amide bonds. The molecule has 0 saturated heterocycles. The van der Waals surface area contributed by atoms with Crippen LogP contribution in [0.25, 0.3) is 11.0 Å². The summed E-state index contributed by atoms with van der Waals surface area (Å²) in [4.78, 5) is 8.95. The van der Waals surface area contributed by atoms with Crippen molar-refractivity contribution in [2.75, 3.05) is 6.54 Å². The van der Waals surface area contributed by atoms with Crippen LogP contribution in [-0.4, -0.2) is 16.5 Å². The van der Waals surface area contributed by atoms with Gasteiger partial charge in [0.25, 0.3) is 0 Å². The Kier molecular flexibility index (Phi) is 6.61. The first-order valence-corrected chi connectivity index (χ1v) is 8.29. The van der Waals surface area contributed by atoms with Crippen LogP contribution in [0.15, 0.2) is 30.6 Å². The standard InChI is InChI=1S/C18H27N3/c1-3-5-6-7-8-11-16(19-4-2)15-10-9-12-17-18(15)21-14-13-20-17/h9-10,12-14,16,19H,3-8,11H2,1-2H3. The fourth-order valence-electron chi connectivity index (χ4n) is 2.86. The number of hydrogen-bond acceptors (Lipinski definition) is 3. The molecule has 0 bridgehead atoms. The lowest BCUT2D eigenvalue weighted by Crippen LogP contribution is -2.21. The summed E-state index contributed by atoms with van der Waals surface area (Å²) in [6.07, 6.45) is 11.3. The lowest BCUT2D eigenvalue weighted by Gasteiger charge is -2.19. The number of nitrogens with zero attached hydrogens (tertiary/aromatic N) is 2. The third-order valence-corrected chi connectivity index (χ3v) is 3.95. The van der Waals surface area contributed by atoms with Gasteiger partial charge in [-0.25, -0.2) is 0 Å². The van der Waals surface area contributed by atoms with Crippen LogP contribution in [0.5, 0.6) is 0 Å². The highest BCUT2D eigenvalue weighted by Crippen LogP contribution is 2.25. The maximum Gasteiger partial charge on any atom is 0.0934 e. The topological polar surface area (TPSA) is 37.8 Å². The minimum Gasteiger partial charge on any atom is -0.310 e. The van der Waals surface area contributed by atoms with E-state index in [1.165, 1.54) is 44.1 Å². The first kappa shape index (κ1) is 15.9. The maximum atomic E-state index is 4.54. The van der Waals surface area contributed by atoms with E-state index in [0.717, 1.165) is 17.6 Å². The van der Waals surface area contributed by atoms with Gasteiger partial charge in [0.05, 0.1) is 11.0 Å². The molecule has 0 fully saturated rings. The molecular formula is C18H27N3. The molecule has 0 aliphatic heterocycles. The van der Waals surface area contributed by atoms with Crippen LogP contribution in [0.4, 0.5) is 0 Å². The van der Waals surface area contributed by atoms with Gasteiger partial charge in [0.1, 0.15) is 0 Å². The molecule has 3 heteroatoms. The molecule has 1 atom stereocenters. The summed E-state index contributed by atoms with van der Waals surface area (Å²) >= 11 is 0. The second-order valence-corrected chi connectivity index (χ2v) is 5.58. The van der Waals surface area contributed by atoms with Crippen LogP contribution < -0.4 is 5.32 Å². The Morgan fingerprint density at radius 1 is 1.00 bits per heavy atom. The number of aromatic nitrogens is 2. The minimum absolute atomic E-state index is 0.386. The molecule has 1 aromatic carbocycles. The molecule has 1 N–H and O–H groups in total. The predicted octanol–water partition coefficient (Wildman–Crippen LogP) is 4.64. The molecule has 2 rings (SSSR count). The SMILES string of the molecule is CCCCCCCC(NCC)c1cccc2nccnc12. The van der Waals surface area contributed by atoms with E-state index in [1.54, 1.807) is 12.4 Å². The Labute approximate surface area is 128 Å². The first-order chi connectivity index (χ1) is 10.4. The molecule has 1 heterocycles. The molecule has 1 unspecified atom stereocenters. The molecule has 0 radical (unpaired) electrons. The zero-order chi connectivity index (χ0) is 14.9. The number of hydrogen-bond donors (Lipinski definition) is 1. The van der Waals surface area contributed by atoms with Crippen LogP contribution in [0.1, 0.15) is 64.0 Å². The average Bonchev–Trinajstić information content (AvgIpc) is 2.53. The zero-order valence-electron chi connectivity index (χ0n) is 13.3. The first-order valence-electron chi connectivity index (χ1n) is 8.29. The average molecular weight is 285 g/mol. The van der Waals surface area contributed by atoms with E-state index in [4.69, 9.17) is 0 Å². The normalized spacial score (nSPS) is 12.7. The van der Waals surface area contributed by atoms with Crippen molar-refractivity contribution in [2.24, 2.45) is 0 Å². The summed E-state index contributed by atoms with van der Waals surface area (Å²) in [5.41, 5.74) is 3.32. The monoisotopic (exact) mass is 285 g/mol. The molecule has 1 aromatic heterocycles. The van der Waals surface area contributed by atoms with Crippen molar-refractivity contribution < 1.29 is 0 Å². The highest BCUT2D eigenvalue weighted by atomic mass is 14.9. The molecule has 0 spiro atoms. The predicted molar refractivity (Wildman–Crippen MR) is 89.3 cm³/mol. The van der Waals surface area contributed by atoms with Crippen molar-refractivity contribution in [2.45, 2.75) is 58.4 Å². The number of para-hydroxylation sites is 1. The molecule has 0 aliphatic rings. The molecule has 0 saturated carbocycles. The summed E-state index contributed by atoms with van der Waals surface area (Å²) in [5, 5.41) is 3.61. The van der Waals surface area contributed by atoms with Gasteiger partial charge in [0.2, 0.25) is 0 Å². The van der Waals surface area contributed by atoms with Crippen molar-refractivity contribution in [1.82, 2.24) is 15.3 Å². The Morgan fingerprint density at radius 2 is 1.81 bits per heavy atom. The maximum absolute atomic E-state index is 4.54. The number of benzene rings is 1. The number of unbranched alkanes of at least 4 members (excludes halogenated alkanes) is 4. The van der Waals surface area contributed by atoms with Gasteiger partial charge in [-0.15, -0.1) is 0 Å². The van der Waals surface area contributed by atoms with E-state index >= 15 is 0 Å². The Balaban J connectivity index is 2.08. The van der Waals surface area contributed by atoms with Gasteiger partial charge in [0.15, 0.2) is 0 Å². The number of rotatable bonds is 9. The van der Waals surface area contributed by atoms with Crippen molar-refractivity contribution in [3.05, 3.63) is 36.2 Å². The third-order valence-electron chi connectivity index (χ3n) is 3.95. The smallest absolute Gasteiger partial charge is 0.0934 e. The summed E-state index contributed by atoms with van der Waals surface area (Å²) in [7, 11) is 0. The minimum atomic E-state index is 0.386. The highest BCUT2D eigenvalue weighted by Gasteiger charge is 2.14. The van der Waals surface area contributed by atoms with Gasteiger partial charge in [0, 0.05) is 18.4 Å². The van der Waals surface area contributed by atoms with Crippen LogP contribution in [0.3, 0.4) is 0 Å². The largest absolute Gasteiger partial charge is 0.310 e. The Bertz CT molecular complexity index is 533. The molecule has 21 heavy (non-hydrogen) atoms. The van der Waals surface area contributed by atoms with E-state index in [0.29, 0.717) is 6.04 Å². The van der Waals surface area contributed by atoms with E-state index in [9.17, 15) is 0 Å². The highest BCUT2D eigenvalue weighted by molar-refractivity contribution is 5.78. The third kappa shape index (κ3) is 4.50. The molecular weight excluding hydrogens is 258 g/mol. The lowest BCUT2D eigenvalue weighted by atomic mass is 9.98. The quantitative estimate of drug-likeness (QED) is 0.682. The van der Waals surface area contributed by atoms with Gasteiger partial charge in [-0.05, 0) is 24.6 Å². The van der Waals surface area contributed by atoms with E-state index in [-0.39, 0.29) is 0 Å². The molecule has 2 aromatic rings. The lowest BCUT2D eigenvalue weighted by molar-refractivity contribution is 0.480. The van der Waals surface area contributed by atoms with Crippen molar-refractivity contribution in [1.29, 1.82) is 0 Å². The van der Waals surface area contributed by atoms with Crippen LogP contribution in [0.2, 0.25) is 0 Å². The summed E-state index contributed by atoms with van der Waals surface area (Å²) in [6, 6.07) is 6.71. The fourth-order valence-corrected chi connectivity index (χ4v) is 2.86. The zero-order valence-corrected chi connectivity index (χ0v) is 13.3. The van der Waals surface area contributed by atoms with E-state index in [2.05, 4.69) is 41.3 Å². The number of fused-ring (bicyclic) bond motifs is 1. The second-order valence-electron chi connectivity index (χ2n) is 5.58. The Morgan fingerprint density at radius 3 is 2.62 bits per heavy atom. The van der Waals surface area contributed by atoms with Crippen molar-refractivity contribution >= 4 is 11.0 Å². The van der Waals surface area contributed by atoms with Gasteiger partial charge in [-0.3, -0.25) is 9.97 Å². The van der Waals surface area contributed by atoms with Crippen LogP contribution in [-0.2, 0) is 0 Å². The molecule has 0 aliphatic carbocycles. The van der Waals surface area contributed by atoms with Gasteiger partial charge in [-0.1, -0.05) is 58.1 Å². The summed E-state index contributed by atoms with van der Waals surface area (Å²) in [5.74, 6) is 0. The molecule has 3 nitrogen and oxygen atoms in total. The van der Waals surface area contributed by atoms with E-state index < -0.39 is 0 Å². The summed E-state index contributed by atoms with van der Waals surface area (Å²) in [6.45, 7) is 5.41. The number of nitrogens with one attached hydrogen (secondary N) is 1. The summed E-state index contributed by atoms with van der Waals surface area (Å²) < 4.78 is 0. The Hall–Kier alpha value is -1.48. The van der Waals surface area contributed by atoms with Crippen molar-refractivity contribution in [3.63, 3.8) is 0 Å². The van der Waals surface area contributed by atoms with Gasteiger partial charge >= 0.3 is 0 Å². The molecule has 114 valence electrons. The fraction of sp³-hybridized carbons (Fsp3) is 0.556. The van der Waals surface area contributed by atoms with Gasteiger partial charge < -0.3 is 5.32 Å². The second kappa shape index (κ2) is 8.73.